The number of thiazole rings is 1. The number of anilines is 1. The average Bonchev–Trinajstić information content (AvgIpc) is 3.51. The molecule has 12 nitrogen and oxygen atoms in total. The summed E-state index contributed by atoms with van der Waals surface area (Å²) in [6, 6.07) is 6.11. The number of ether oxygens (including phenoxy) is 2. The number of methoxy groups -OCH3 is 1. The molecule has 1 aliphatic heterocycles. The Kier molecular flexibility index (Phi) is 9.76. The zero-order chi connectivity index (χ0) is 32.1. The summed E-state index contributed by atoms with van der Waals surface area (Å²) in [5, 5.41) is 22.3. The van der Waals surface area contributed by atoms with Gasteiger partial charge in [-0.05, 0) is 51.7 Å². The van der Waals surface area contributed by atoms with Crippen molar-refractivity contribution in [2.75, 3.05) is 32.6 Å². The number of carbonyl (C=O) groups excluding carboxylic acids is 2. The Balaban J connectivity index is 1.38. The molecule has 2 aromatic heterocycles. The SMILES string of the molecule is COc1ccc2c(OCCC3NC(=O)N(C)CCCC/C=C/C4CC4(C(=O)O)NC3=O)cc(-c3csc(NC(C)C)n3)nc2c1. The van der Waals surface area contributed by atoms with E-state index in [0.29, 0.717) is 41.4 Å². The summed E-state index contributed by atoms with van der Waals surface area (Å²) in [6.07, 6.45) is 6.71. The van der Waals surface area contributed by atoms with Crippen LogP contribution in [0.4, 0.5) is 9.93 Å². The quantitative estimate of drug-likeness (QED) is 0.245. The van der Waals surface area contributed by atoms with Crippen LogP contribution in [0, 0.1) is 5.92 Å². The van der Waals surface area contributed by atoms with E-state index < -0.39 is 29.5 Å². The highest BCUT2D eigenvalue weighted by Gasteiger charge is 2.60. The fraction of sp³-hybridized carbons (Fsp3) is 0.469. The van der Waals surface area contributed by atoms with Gasteiger partial charge in [-0.15, -0.1) is 11.3 Å². The summed E-state index contributed by atoms with van der Waals surface area (Å²) >= 11 is 1.48. The first-order valence-corrected chi connectivity index (χ1v) is 16.1. The minimum Gasteiger partial charge on any atom is -0.497 e. The number of hydrogen-bond donors (Lipinski definition) is 4. The molecule has 0 radical (unpaired) electrons. The zero-order valence-corrected chi connectivity index (χ0v) is 26.8. The molecule has 1 saturated carbocycles. The Morgan fingerprint density at radius 2 is 2.04 bits per heavy atom. The first-order chi connectivity index (χ1) is 21.6. The van der Waals surface area contributed by atoms with Gasteiger partial charge >= 0.3 is 12.0 Å². The molecule has 3 atom stereocenters. The maximum atomic E-state index is 13.5. The van der Waals surface area contributed by atoms with Crippen molar-refractivity contribution in [1.82, 2.24) is 25.5 Å². The third-order valence-corrected chi connectivity index (χ3v) is 8.78. The molecule has 3 heterocycles. The van der Waals surface area contributed by atoms with Gasteiger partial charge in [-0.2, -0.15) is 0 Å². The van der Waals surface area contributed by atoms with E-state index in [1.807, 2.05) is 55.6 Å². The number of carboxylic acid groups (broad SMARTS) is 1. The van der Waals surface area contributed by atoms with Crippen LogP contribution in [0.5, 0.6) is 11.5 Å². The topological polar surface area (TPSA) is 155 Å². The predicted molar refractivity (Wildman–Crippen MR) is 173 cm³/mol. The van der Waals surface area contributed by atoms with E-state index in [0.717, 1.165) is 29.8 Å². The van der Waals surface area contributed by atoms with Crippen LogP contribution in [0.3, 0.4) is 0 Å². The number of aromatic nitrogens is 2. The molecular weight excluding hydrogens is 596 g/mol. The van der Waals surface area contributed by atoms with Gasteiger partial charge in [-0.1, -0.05) is 12.2 Å². The predicted octanol–water partition coefficient (Wildman–Crippen LogP) is 4.67. The average molecular weight is 637 g/mol. The van der Waals surface area contributed by atoms with Crippen molar-refractivity contribution in [3.63, 3.8) is 0 Å². The Bertz CT molecular complexity index is 1590. The van der Waals surface area contributed by atoms with Crippen LogP contribution >= 0.6 is 11.3 Å². The molecule has 3 amide bonds. The third-order valence-electron chi connectivity index (χ3n) is 8.01. The summed E-state index contributed by atoms with van der Waals surface area (Å²) < 4.78 is 11.7. The number of nitrogens with one attached hydrogen (secondary N) is 3. The Morgan fingerprint density at radius 1 is 1.22 bits per heavy atom. The van der Waals surface area contributed by atoms with Gasteiger partial charge in [0.05, 0.1) is 24.9 Å². The lowest BCUT2D eigenvalue weighted by Crippen LogP contribution is -2.55. The van der Waals surface area contributed by atoms with Crippen molar-refractivity contribution in [1.29, 1.82) is 0 Å². The van der Waals surface area contributed by atoms with E-state index in [2.05, 4.69) is 20.9 Å². The molecule has 5 rings (SSSR count). The first kappa shape index (κ1) is 32.0. The van der Waals surface area contributed by atoms with Crippen molar-refractivity contribution in [3.05, 3.63) is 41.8 Å². The summed E-state index contributed by atoms with van der Waals surface area (Å²) in [6.45, 7) is 4.68. The highest BCUT2D eigenvalue weighted by atomic mass is 32.1. The lowest BCUT2D eigenvalue weighted by molar-refractivity contribution is -0.143. The minimum atomic E-state index is -1.38. The normalized spacial score (nSPS) is 23.0. The van der Waals surface area contributed by atoms with Crippen LogP contribution in [-0.2, 0) is 9.59 Å². The van der Waals surface area contributed by atoms with Gasteiger partial charge in [0, 0.05) is 54.9 Å². The molecule has 0 spiro atoms. The number of benzene rings is 1. The van der Waals surface area contributed by atoms with E-state index in [4.69, 9.17) is 14.5 Å². The second kappa shape index (κ2) is 13.7. The van der Waals surface area contributed by atoms with E-state index in [1.54, 1.807) is 14.2 Å². The van der Waals surface area contributed by atoms with Crippen molar-refractivity contribution >= 4 is 45.3 Å². The molecule has 0 saturated heterocycles. The van der Waals surface area contributed by atoms with Gasteiger partial charge in [-0.25, -0.2) is 19.6 Å². The highest BCUT2D eigenvalue weighted by Crippen LogP contribution is 2.45. The number of allylic oxidation sites excluding steroid dienone is 1. The van der Waals surface area contributed by atoms with Crippen molar-refractivity contribution in [2.45, 2.75) is 63.6 Å². The van der Waals surface area contributed by atoms with E-state index in [9.17, 15) is 19.5 Å². The van der Waals surface area contributed by atoms with E-state index in [1.165, 1.54) is 16.2 Å². The van der Waals surface area contributed by atoms with Crippen molar-refractivity contribution < 1.29 is 29.0 Å². The Labute approximate surface area is 266 Å². The molecule has 2 aliphatic rings. The smallest absolute Gasteiger partial charge is 0.330 e. The fourth-order valence-corrected chi connectivity index (χ4v) is 6.17. The number of pyridine rings is 1. The van der Waals surface area contributed by atoms with Gasteiger partial charge in [0.15, 0.2) is 5.13 Å². The lowest BCUT2D eigenvalue weighted by atomic mass is 10.1. The summed E-state index contributed by atoms with van der Waals surface area (Å²) in [4.78, 5) is 49.8. The Hall–Kier alpha value is -4.39. The third kappa shape index (κ3) is 7.47. The minimum absolute atomic E-state index is 0.0628. The molecule has 0 bridgehead atoms. The number of amides is 3. The molecule has 1 fully saturated rings. The number of carboxylic acids is 1. The molecule has 240 valence electrons. The van der Waals surface area contributed by atoms with Crippen LogP contribution in [0.1, 0.15) is 46.0 Å². The van der Waals surface area contributed by atoms with Crippen LogP contribution in [0.25, 0.3) is 22.3 Å². The molecule has 1 aliphatic carbocycles. The molecule has 4 N–H and O–H groups in total. The highest BCUT2D eigenvalue weighted by molar-refractivity contribution is 7.14. The molecular formula is C32H40N6O6S. The monoisotopic (exact) mass is 636 g/mol. The maximum Gasteiger partial charge on any atom is 0.330 e. The lowest BCUT2D eigenvalue weighted by Gasteiger charge is -2.25. The van der Waals surface area contributed by atoms with Crippen LogP contribution in [0.2, 0.25) is 0 Å². The molecule has 45 heavy (non-hydrogen) atoms. The fourth-order valence-electron chi connectivity index (χ4n) is 5.32. The van der Waals surface area contributed by atoms with Gasteiger partial charge in [0.2, 0.25) is 5.91 Å². The van der Waals surface area contributed by atoms with Crippen LogP contribution < -0.4 is 25.4 Å². The number of carbonyl (C=O) groups is 3. The molecule has 3 aromatic rings. The molecule has 1 aromatic carbocycles. The number of hydrogen-bond acceptors (Lipinski definition) is 9. The number of rotatable bonds is 9. The second-order valence-electron chi connectivity index (χ2n) is 11.8. The van der Waals surface area contributed by atoms with Crippen LogP contribution in [-0.4, -0.2) is 82.8 Å². The van der Waals surface area contributed by atoms with E-state index in [-0.39, 0.29) is 25.0 Å². The first-order valence-electron chi connectivity index (χ1n) is 15.2. The second-order valence-corrected chi connectivity index (χ2v) is 12.6. The van der Waals surface area contributed by atoms with Gasteiger partial charge in [0.25, 0.3) is 0 Å². The standard InChI is InChI=1S/C32H40N6O6S/c1-19(2)33-30-35-26(18-45-30)25-16-27(22-11-10-21(43-4)15-24(22)34-25)44-14-12-23-28(39)37-32(29(40)41)17-20(32)9-7-5-6-8-13-38(3)31(42)36-23/h7,9-11,15-16,18-20,23H,5-6,8,12-14,17H2,1-4H3,(H,33,35)(H,36,42)(H,37,39)(H,40,41)/b9-7+. The van der Waals surface area contributed by atoms with Gasteiger partial charge in [0.1, 0.15) is 28.8 Å². The van der Waals surface area contributed by atoms with Crippen molar-refractivity contribution in [3.8, 4) is 22.9 Å². The summed E-state index contributed by atoms with van der Waals surface area (Å²) in [5.74, 6) is -0.771. The zero-order valence-electron chi connectivity index (χ0n) is 26.0. The summed E-state index contributed by atoms with van der Waals surface area (Å²) in [5.41, 5.74) is 0.570. The largest absolute Gasteiger partial charge is 0.497 e. The van der Waals surface area contributed by atoms with Crippen LogP contribution in [0.15, 0.2) is 41.8 Å². The Morgan fingerprint density at radius 3 is 2.80 bits per heavy atom. The van der Waals surface area contributed by atoms with Gasteiger partial charge < -0.3 is 35.4 Å². The van der Waals surface area contributed by atoms with E-state index >= 15 is 0 Å². The number of nitrogens with zero attached hydrogens (tertiary/aromatic N) is 3. The number of urea groups is 1. The van der Waals surface area contributed by atoms with Crippen molar-refractivity contribution in [2.24, 2.45) is 5.92 Å². The maximum absolute atomic E-state index is 13.5. The number of fused-ring (bicyclic) bond motifs is 2. The molecule has 13 heteroatoms. The summed E-state index contributed by atoms with van der Waals surface area (Å²) in [7, 11) is 3.27. The van der Waals surface area contributed by atoms with Gasteiger partial charge in [-0.3, -0.25) is 4.79 Å². The molecule has 3 unspecified atom stereocenters. The number of aliphatic carboxylic acids is 1.